The number of anilines is 1. The van der Waals surface area contributed by atoms with E-state index in [9.17, 15) is 4.79 Å². The number of hydrogen-bond acceptors (Lipinski definition) is 4. The fourth-order valence-corrected chi connectivity index (χ4v) is 1.74. The van der Waals surface area contributed by atoms with Crippen molar-refractivity contribution in [3.63, 3.8) is 0 Å². The highest BCUT2D eigenvalue weighted by molar-refractivity contribution is 5.70. The summed E-state index contributed by atoms with van der Waals surface area (Å²) in [7, 11) is 0. The summed E-state index contributed by atoms with van der Waals surface area (Å²) < 4.78 is 0. The van der Waals surface area contributed by atoms with E-state index in [1.807, 2.05) is 11.8 Å². The lowest BCUT2D eigenvalue weighted by Crippen LogP contribution is -2.51. The summed E-state index contributed by atoms with van der Waals surface area (Å²) in [5, 5.41) is 8.86. The van der Waals surface area contributed by atoms with Crippen LogP contribution in [0.2, 0.25) is 0 Å². The van der Waals surface area contributed by atoms with Gasteiger partial charge in [0.2, 0.25) is 5.95 Å². The number of aryl methyl sites for hydroxylation is 1. The summed E-state index contributed by atoms with van der Waals surface area (Å²) in [4.78, 5) is 21.2. The number of aliphatic carboxylic acids is 1. The summed E-state index contributed by atoms with van der Waals surface area (Å²) in [6.45, 7) is 5.16. The Morgan fingerprint density at radius 2 is 2.06 bits per heavy atom. The Labute approximate surface area is 94.1 Å². The first kappa shape index (κ1) is 10.9. The monoisotopic (exact) mass is 221 g/mol. The molecular weight excluding hydrogens is 206 g/mol. The van der Waals surface area contributed by atoms with Gasteiger partial charge in [0, 0.05) is 31.4 Å². The molecule has 5 heteroatoms. The van der Waals surface area contributed by atoms with Gasteiger partial charge in [-0.25, -0.2) is 9.97 Å². The highest BCUT2D eigenvalue weighted by Gasteiger charge is 2.35. The molecule has 86 valence electrons. The van der Waals surface area contributed by atoms with Crippen molar-refractivity contribution >= 4 is 11.9 Å². The fraction of sp³-hybridized carbons (Fsp3) is 0.545. The highest BCUT2D eigenvalue weighted by atomic mass is 16.4. The molecule has 0 aliphatic carbocycles. The van der Waals surface area contributed by atoms with Crippen molar-refractivity contribution in [2.45, 2.75) is 13.8 Å². The van der Waals surface area contributed by atoms with Crippen LogP contribution < -0.4 is 4.90 Å². The number of hydrogen-bond donors (Lipinski definition) is 1. The van der Waals surface area contributed by atoms with Gasteiger partial charge < -0.3 is 10.0 Å². The lowest BCUT2D eigenvalue weighted by Gasteiger charge is -2.41. The van der Waals surface area contributed by atoms with Crippen LogP contribution in [-0.4, -0.2) is 34.1 Å². The number of aromatic nitrogens is 2. The predicted octanol–water partition coefficient (Wildman–Crippen LogP) is 0.942. The third-order valence-corrected chi connectivity index (χ3v) is 3.06. The Balaban J connectivity index is 1.93. The van der Waals surface area contributed by atoms with Gasteiger partial charge >= 0.3 is 5.97 Å². The van der Waals surface area contributed by atoms with E-state index in [1.165, 1.54) is 0 Å². The minimum Gasteiger partial charge on any atom is -0.481 e. The van der Waals surface area contributed by atoms with E-state index in [0.29, 0.717) is 5.95 Å². The summed E-state index contributed by atoms with van der Waals surface area (Å²) >= 11 is 0. The normalized spacial score (nSPS) is 18.0. The van der Waals surface area contributed by atoms with Crippen LogP contribution in [0.1, 0.15) is 12.5 Å². The van der Waals surface area contributed by atoms with Crippen LogP contribution in [0.25, 0.3) is 0 Å². The molecule has 1 unspecified atom stereocenters. The van der Waals surface area contributed by atoms with Gasteiger partial charge in [-0.3, -0.25) is 4.79 Å². The molecule has 1 aromatic heterocycles. The van der Waals surface area contributed by atoms with Gasteiger partial charge in [-0.15, -0.1) is 0 Å². The maximum Gasteiger partial charge on any atom is 0.306 e. The molecule has 1 atom stereocenters. The Bertz CT molecular complexity index is 385. The molecule has 5 nitrogen and oxygen atoms in total. The molecule has 1 saturated heterocycles. The van der Waals surface area contributed by atoms with Crippen molar-refractivity contribution in [1.82, 2.24) is 9.97 Å². The zero-order chi connectivity index (χ0) is 11.7. The molecule has 0 spiro atoms. The molecule has 2 heterocycles. The van der Waals surface area contributed by atoms with Gasteiger partial charge in [0.1, 0.15) is 0 Å². The first-order chi connectivity index (χ1) is 7.58. The van der Waals surface area contributed by atoms with E-state index in [-0.39, 0.29) is 11.8 Å². The molecular formula is C11H15N3O2. The number of nitrogens with zero attached hydrogens (tertiary/aromatic N) is 3. The quantitative estimate of drug-likeness (QED) is 0.822. The van der Waals surface area contributed by atoms with E-state index in [2.05, 4.69) is 9.97 Å². The Morgan fingerprint density at radius 1 is 1.50 bits per heavy atom. The molecule has 1 aliphatic heterocycles. The van der Waals surface area contributed by atoms with Gasteiger partial charge in [-0.05, 0) is 12.5 Å². The van der Waals surface area contributed by atoms with Crippen molar-refractivity contribution in [1.29, 1.82) is 0 Å². The largest absolute Gasteiger partial charge is 0.481 e. The molecule has 2 rings (SSSR count). The van der Waals surface area contributed by atoms with Crippen LogP contribution in [0.4, 0.5) is 5.95 Å². The number of carboxylic acid groups (broad SMARTS) is 1. The zero-order valence-electron chi connectivity index (χ0n) is 9.42. The van der Waals surface area contributed by atoms with E-state index < -0.39 is 5.97 Å². The second kappa shape index (κ2) is 4.08. The maximum absolute atomic E-state index is 10.8. The summed E-state index contributed by atoms with van der Waals surface area (Å²) in [5.74, 6) is -0.113. The first-order valence-electron chi connectivity index (χ1n) is 5.34. The van der Waals surface area contributed by atoms with E-state index in [4.69, 9.17) is 5.11 Å². The van der Waals surface area contributed by atoms with Gasteiger partial charge in [0.25, 0.3) is 0 Å². The van der Waals surface area contributed by atoms with E-state index >= 15 is 0 Å². The second-order valence-corrected chi connectivity index (χ2v) is 4.35. The average Bonchev–Trinajstić information content (AvgIpc) is 2.18. The molecule has 0 amide bonds. The topological polar surface area (TPSA) is 66.3 Å². The molecule has 0 radical (unpaired) electrons. The van der Waals surface area contributed by atoms with E-state index in [0.717, 1.165) is 18.7 Å². The number of rotatable bonds is 3. The highest BCUT2D eigenvalue weighted by Crippen LogP contribution is 2.26. The minimum atomic E-state index is -0.727. The zero-order valence-corrected chi connectivity index (χ0v) is 9.42. The number of carbonyl (C=O) groups is 1. The van der Waals surface area contributed by atoms with Crippen molar-refractivity contribution in [3.05, 3.63) is 18.0 Å². The third kappa shape index (κ3) is 1.98. The Kier molecular flexibility index (Phi) is 2.77. The fourth-order valence-electron chi connectivity index (χ4n) is 1.74. The molecule has 0 bridgehead atoms. The lowest BCUT2D eigenvalue weighted by atomic mass is 9.87. The van der Waals surface area contributed by atoms with Crippen molar-refractivity contribution in [3.8, 4) is 0 Å². The molecule has 1 aliphatic rings. The minimum absolute atomic E-state index is 0.211. The second-order valence-electron chi connectivity index (χ2n) is 4.35. The van der Waals surface area contributed by atoms with Crippen LogP contribution in [-0.2, 0) is 4.79 Å². The van der Waals surface area contributed by atoms with Crippen molar-refractivity contribution < 1.29 is 9.90 Å². The molecule has 1 N–H and O–H groups in total. The number of carboxylic acids is 1. The summed E-state index contributed by atoms with van der Waals surface area (Å²) in [6.07, 6.45) is 3.55. The molecule has 16 heavy (non-hydrogen) atoms. The molecule has 0 saturated carbocycles. The molecule has 0 aromatic carbocycles. The van der Waals surface area contributed by atoms with Crippen LogP contribution in [0.3, 0.4) is 0 Å². The van der Waals surface area contributed by atoms with Crippen molar-refractivity contribution in [2.75, 3.05) is 18.0 Å². The molecule has 1 aromatic rings. The molecule has 1 fully saturated rings. The van der Waals surface area contributed by atoms with Gasteiger partial charge in [-0.1, -0.05) is 6.92 Å². The Hall–Kier alpha value is -1.65. The van der Waals surface area contributed by atoms with Gasteiger partial charge in [0.15, 0.2) is 0 Å². The van der Waals surface area contributed by atoms with E-state index in [1.54, 1.807) is 19.3 Å². The average molecular weight is 221 g/mol. The predicted molar refractivity (Wildman–Crippen MR) is 59.3 cm³/mol. The third-order valence-electron chi connectivity index (χ3n) is 3.06. The first-order valence-corrected chi connectivity index (χ1v) is 5.34. The van der Waals surface area contributed by atoms with Crippen molar-refractivity contribution in [2.24, 2.45) is 11.8 Å². The Morgan fingerprint density at radius 3 is 2.56 bits per heavy atom. The summed E-state index contributed by atoms with van der Waals surface area (Å²) in [6, 6.07) is 0. The SMILES string of the molecule is Cc1cnc(N2CC(C(C)C(=O)O)C2)nc1. The van der Waals surface area contributed by atoms with Gasteiger partial charge in [0.05, 0.1) is 5.92 Å². The van der Waals surface area contributed by atoms with Crippen LogP contribution in [0.5, 0.6) is 0 Å². The van der Waals surface area contributed by atoms with Crippen LogP contribution in [0.15, 0.2) is 12.4 Å². The standard InChI is InChI=1S/C11H15N3O2/c1-7-3-12-11(13-4-7)14-5-9(6-14)8(2)10(15)16/h3-4,8-9H,5-6H2,1-2H3,(H,15,16). The lowest BCUT2D eigenvalue weighted by molar-refractivity contribution is -0.143. The van der Waals surface area contributed by atoms with Crippen LogP contribution in [0, 0.1) is 18.8 Å². The van der Waals surface area contributed by atoms with Gasteiger partial charge in [-0.2, -0.15) is 0 Å². The van der Waals surface area contributed by atoms with Crippen LogP contribution >= 0.6 is 0 Å². The summed E-state index contributed by atoms with van der Waals surface area (Å²) in [5.41, 5.74) is 1.03. The smallest absolute Gasteiger partial charge is 0.306 e. The maximum atomic E-state index is 10.8.